The molecule has 0 aliphatic heterocycles. The lowest BCUT2D eigenvalue weighted by atomic mass is 10.2. The summed E-state index contributed by atoms with van der Waals surface area (Å²) in [6, 6.07) is 10.9. The number of halogens is 1. The van der Waals surface area contributed by atoms with Crippen LogP contribution in [0.4, 0.5) is 11.4 Å². The zero-order valence-corrected chi connectivity index (χ0v) is 12.3. The van der Waals surface area contributed by atoms with E-state index in [0.29, 0.717) is 16.8 Å². The van der Waals surface area contributed by atoms with Crippen molar-refractivity contribution in [2.24, 2.45) is 4.99 Å². The molecule has 0 radical (unpaired) electrons. The van der Waals surface area contributed by atoms with Crippen molar-refractivity contribution < 1.29 is 14.5 Å². The molecule has 0 saturated carbocycles. The number of nitro benzene ring substituents is 1. The van der Waals surface area contributed by atoms with Crippen LogP contribution in [0.1, 0.15) is 15.9 Å². The van der Waals surface area contributed by atoms with E-state index in [4.69, 9.17) is 11.6 Å². The molecule has 0 bridgehead atoms. The lowest BCUT2D eigenvalue weighted by molar-refractivity contribution is -0.384. The topological polar surface area (TPSA) is 81.8 Å². The minimum Gasteiger partial charge on any atom is -0.465 e. The second-order valence-electron chi connectivity index (χ2n) is 4.26. The van der Waals surface area contributed by atoms with E-state index in [9.17, 15) is 14.9 Å². The van der Waals surface area contributed by atoms with Crippen LogP contribution >= 0.6 is 11.6 Å². The number of methoxy groups -OCH3 is 1. The monoisotopic (exact) mass is 318 g/mol. The van der Waals surface area contributed by atoms with Crippen LogP contribution in [0.15, 0.2) is 47.5 Å². The highest BCUT2D eigenvalue weighted by Crippen LogP contribution is 2.24. The van der Waals surface area contributed by atoms with Gasteiger partial charge in [-0.3, -0.25) is 15.1 Å². The van der Waals surface area contributed by atoms with E-state index >= 15 is 0 Å². The maximum Gasteiger partial charge on any atom is 0.337 e. The van der Waals surface area contributed by atoms with Crippen LogP contribution in [0, 0.1) is 10.1 Å². The third kappa shape index (κ3) is 3.67. The summed E-state index contributed by atoms with van der Waals surface area (Å²) in [6.45, 7) is 0. The van der Waals surface area contributed by atoms with Gasteiger partial charge in [0, 0.05) is 12.3 Å². The van der Waals surface area contributed by atoms with E-state index in [2.05, 4.69) is 9.73 Å². The first kappa shape index (κ1) is 15.7. The van der Waals surface area contributed by atoms with Gasteiger partial charge in [0.15, 0.2) is 0 Å². The minimum absolute atomic E-state index is 0.0737. The third-order valence-electron chi connectivity index (χ3n) is 2.82. The number of aliphatic imine (C=N–C) groups is 1. The zero-order chi connectivity index (χ0) is 16.1. The summed E-state index contributed by atoms with van der Waals surface area (Å²) >= 11 is 5.74. The fourth-order valence-corrected chi connectivity index (χ4v) is 1.89. The molecule has 0 aliphatic rings. The second-order valence-corrected chi connectivity index (χ2v) is 4.67. The number of carbonyl (C=O) groups is 1. The van der Waals surface area contributed by atoms with E-state index < -0.39 is 10.9 Å². The highest BCUT2D eigenvalue weighted by molar-refractivity contribution is 6.32. The molecule has 0 saturated heterocycles. The van der Waals surface area contributed by atoms with Gasteiger partial charge in [0.1, 0.15) is 5.02 Å². The van der Waals surface area contributed by atoms with E-state index in [1.54, 1.807) is 30.3 Å². The van der Waals surface area contributed by atoms with Crippen LogP contribution in [0.2, 0.25) is 5.02 Å². The van der Waals surface area contributed by atoms with E-state index in [-0.39, 0.29) is 10.7 Å². The van der Waals surface area contributed by atoms with E-state index in [0.717, 1.165) is 0 Å². The molecular formula is C15H11ClN2O4. The van der Waals surface area contributed by atoms with Gasteiger partial charge in [0.25, 0.3) is 5.69 Å². The fraction of sp³-hybridized carbons (Fsp3) is 0.0667. The Morgan fingerprint density at radius 3 is 2.55 bits per heavy atom. The van der Waals surface area contributed by atoms with Gasteiger partial charge in [-0.25, -0.2) is 4.79 Å². The largest absolute Gasteiger partial charge is 0.465 e. The van der Waals surface area contributed by atoms with Gasteiger partial charge in [0.05, 0.1) is 23.3 Å². The smallest absolute Gasteiger partial charge is 0.337 e. The number of benzene rings is 2. The predicted octanol–water partition coefficient (Wildman–Crippen LogP) is 3.79. The Morgan fingerprint density at radius 2 is 1.95 bits per heavy atom. The number of hydrogen-bond donors (Lipinski definition) is 0. The van der Waals surface area contributed by atoms with Crippen molar-refractivity contribution in [1.29, 1.82) is 0 Å². The quantitative estimate of drug-likeness (QED) is 0.372. The van der Waals surface area contributed by atoms with Gasteiger partial charge in [-0.2, -0.15) is 0 Å². The van der Waals surface area contributed by atoms with Crippen molar-refractivity contribution in [3.8, 4) is 0 Å². The van der Waals surface area contributed by atoms with Gasteiger partial charge in [-0.15, -0.1) is 0 Å². The van der Waals surface area contributed by atoms with Crippen LogP contribution in [0.3, 0.4) is 0 Å². The zero-order valence-electron chi connectivity index (χ0n) is 11.5. The summed E-state index contributed by atoms with van der Waals surface area (Å²) in [5.74, 6) is -0.427. The molecule has 0 aliphatic carbocycles. The Bertz CT molecular complexity index is 742. The number of esters is 1. The number of nitro groups is 1. The Hall–Kier alpha value is -2.73. The second kappa shape index (κ2) is 6.82. The molecule has 0 aromatic heterocycles. The first-order valence-electron chi connectivity index (χ1n) is 6.17. The summed E-state index contributed by atoms with van der Waals surface area (Å²) < 4.78 is 4.60. The predicted molar refractivity (Wildman–Crippen MR) is 83.1 cm³/mol. The number of ether oxygens (including phenoxy) is 1. The van der Waals surface area contributed by atoms with Crippen LogP contribution in [-0.4, -0.2) is 24.2 Å². The van der Waals surface area contributed by atoms with E-state index in [1.807, 2.05) is 0 Å². The molecule has 112 valence electrons. The molecule has 2 aromatic rings. The average molecular weight is 319 g/mol. The van der Waals surface area contributed by atoms with Crippen molar-refractivity contribution in [1.82, 2.24) is 0 Å². The number of carbonyl (C=O) groups excluding carboxylic acids is 1. The summed E-state index contributed by atoms with van der Waals surface area (Å²) in [7, 11) is 1.31. The van der Waals surface area contributed by atoms with Gasteiger partial charge in [-0.1, -0.05) is 17.7 Å². The molecule has 7 heteroatoms. The number of rotatable bonds is 4. The highest BCUT2D eigenvalue weighted by atomic mass is 35.5. The van der Waals surface area contributed by atoms with Crippen LogP contribution < -0.4 is 0 Å². The Kier molecular flexibility index (Phi) is 4.85. The number of nitrogens with zero attached hydrogens (tertiary/aromatic N) is 2. The van der Waals surface area contributed by atoms with Crippen molar-refractivity contribution in [2.75, 3.05) is 7.11 Å². The van der Waals surface area contributed by atoms with Gasteiger partial charge < -0.3 is 4.74 Å². The van der Waals surface area contributed by atoms with Crippen LogP contribution in [-0.2, 0) is 4.74 Å². The van der Waals surface area contributed by atoms with Crippen molar-refractivity contribution in [2.45, 2.75) is 0 Å². The van der Waals surface area contributed by atoms with Crippen LogP contribution in [0.5, 0.6) is 0 Å². The Labute approximate surface area is 131 Å². The SMILES string of the molecule is COC(=O)c1ccc(N=Cc2ccc(Cl)c([N+](=O)[O-])c2)cc1. The van der Waals surface area contributed by atoms with Crippen molar-refractivity contribution in [3.05, 3.63) is 68.7 Å². The maximum atomic E-state index is 11.3. The molecule has 0 spiro atoms. The molecular weight excluding hydrogens is 308 g/mol. The normalized spacial score (nSPS) is 10.6. The molecule has 0 fully saturated rings. The van der Waals surface area contributed by atoms with Crippen LogP contribution in [0.25, 0.3) is 0 Å². The highest BCUT2D eigenvalue weighted by Gasteiger charge is 2.11. The molecule has 0 N–H and O–H groups in total. The standard InChI is InChI=1S/C15H11ClN2O4/c1-22-15(19)11-3-5-12(6-4-11)17-9-10-2-7-13(16)14(8-10)18(20)21/h2-9H,1H3. The van der Waals surface area contributed by atoms with Crippen molar-refractivity contribution in [3.63, 3.8) is 0 Å². The molecule has 22 heavy (non-hydrogen) atoms. The summed E-state index contributed by atoms with van der Waals surface area (Å²) in [4.78, 5) is 25.8. The molecule has 2 aromatic carbocycles. The lowest BCUT2D eigenvalue weighted by Gasteiger charge is -1.99. The molecule has 0 amide bonds. The van der Waals surface area contributed by atoms with Gasteiger partial charge in [-0.05, 0) is 35.9 Å². The maximum absolute atomic E-state index is 11.3. The molecule has 2 rings (SSSR count). The Morgan fingerprint density at radius 1 is 1.27 bits per heavy atom. The third-order valence-corrected chi connectivity index (χ3v) is 3.14. The lowest BCUT2D eigenvalue weighted by Crippen LogP contribution is -1.99. The Balaban J connectivity index is 2.20. The van der Waals surface area contributed by atoms with E-state index in [1.165, 1.54) is 25.5 Å². The molecule has 0 heterocycles. The van der Waals surface area contributed by atoms with Crippen molar-refractivity contribution >= 4 is 35.2 Å². The molecule has 0 unspecified atom stereocenters. The first-order chi connectivity index (χ1) is 10.5. The van der Waals surface area contributed by atoms with Gasteiger partial charge in [0.2, 0.25) is 0 Å². The molecule has 0 atom stereocenters. The van der Waals surface area contributed by atoms with Gasteiger partial charge >= 0.3 is 5.97 Å². The average Bonchev–Trinajstić information content (AvgIpc) is 2.53. The molecule has 6 nitrogen and oxygen atoms in total. The summed E-state index contributed by atoms with van der Waals surface area (Å²) in [5, 5.41) is 10.9. The summed E-state index contributed by atoms with van der Waals surface area (Å²) in [6.07, 6.45) is 1.48. The summed E-state index contributed by atoms with van der Waals surface area (Å²) in [5.41, 5.74) is 1.40. The fourth-order valence-electron chi connectivity index (χ4n) is 1.70. The minimum atomic E-state index is -0.551. The number of hydrogen-bond acceptors (Lipinski definition) is 5. The first-order valence-corrected chi connectivity index (χ1v) is 6.55.